The van der Waals surface area contributed by atoms with Crippen molar-refractivity contribution in [2.24, 2.45) is 0 Å². The number of carbonyl (C=O) groups excluding carboxylic acids is 1. The highest BCUT2D eigenvalue weighted by atomic mass is 16.5. The molecule has 0 bridgehead atoms. The molecule has 1 unspecified atom stereocenters. The second kappa shape index (κ2) is 7.66. The zero-order chi connectivity index (χ0) is 13.4. The van der Waals surface area contributed by atoms with Gasteiger partial charge in [-0.1, -0.05) is 6.07 Å². The normalized spacial score (nSPS) is 11.9. The summed E-state index contributed by atoms with van der Waals surface area (Å²) in [5.41, 5.74) is 0.428. The van der Waals surface area contributed by atoms with Crippen molar-refractivity contribution in [1.82, 2.24) is 10.3 Å². The summed E-state index contributed by atoms with van der Waals surface area (Å²) >= 11 is 0. The lowest BCUT2D eigenvalue weighted by molar-refractivity contribution is 0.0924. The zero-order valence-corrected chi connectivity index (χ0v) is 11.2. The SMILES string of the molecule is CCNc1cccc(C(=O)NC(C)CCOC)n1. The summed E-state index contributed by atoms with van der Waals surface area (Å²) in [6.07, 6.45) is 0.787. The fourth-order valence-electron chi connectivity index (χ4n) is 1.51. The first kappa shape index (κ1) is 14.4. The Balaban J connectivity index is 2.57. The van der Waals surface area contributed by atoms with Gasteiger partial charge >= 0.3 is 0 Å². The first-order chi connectivity index (χ1) is 8.67. The van der Waals surface area contributed by atoms with Crippen LogP contribution in [0.4, 0.5) is 5.82 Å². The topological polar surface area (TPSA) is 63.2 Å². The lowest BCUT2D eigenvalue weighted by Crippen LogP contribution is -2.33. The van der Waals surface area contributed by atoms with Crippen molar-refractivity contribution in [2.45, 2.75) is 26.3 Å². The predicted molar refractivity (Wildman–Crippen MR) is 71.8 cm³/mol. The van der Waals surface area contributed by atoms with Gasteiger partial charge in [-0.05, 0) is 32.4 Å². The van der Waals surface area contributed by atoms with Crippen molar-refractivity contribution >= 4 is 11.7 Å². The maximum atomic E-state index is 11.9. The van der Waals surface area contributed by atoms with Crippen molar-refractivity contribution in [3.8, 4) is 0 Å². The van der Waals surface area contributed by atoms with Crippen molar-refractivity contribution < 1.29 is 9.53 Å². The average molecular weight is 251 g/mol. The minimum Gasteiger partial charge on any atom is -0.385 e. The Bertz CT molecular complexity index is 382. The fraction of sp³-hybridized carbons (Fsp3) is 0.538. The van der Waals surface area contributed by atoms with Gasteiger partial charge < -0.3 is 15.4 Å². The number of aromatic nitrogens is 1. The van der Waals surface area contributed by atoms with Crippen LogP contribution < -0.4 is 10.6 Å². The van der Waals surface area contributed by atoms with Crippen LogP contribution in [0, 0.1) is 0 Å². The van der Waals surface area contributed by atoms with Crippen molar-refractivity contribution in [1.29, 1.82) is 0 Å². The van der Waals surface area contributed by atoms with E-state index in [4.69, 9.17) is 4.74 Å². The van der Waals surface area contributed by atoms with Crippen LogP contribution in [-0.4, -0.2) is 37.2 Å². The third kappa shape index (κ3) is 4.71. The minimum atomic E-state index is -0.154. The van der Waals surface area contributed by atoms with Gasteiger partial charge in [0.2, 0.25) is 0 Å². The molecule has 2 N–H and O–H groups in total. The van der Waals surface area contributed by atoms with Crippen LogP contribution in [0.2, 0.25) is 0 Å². The number of pyridine rings is 1. The standard InChI is InChI=1S/C13H21N3O2/c1-4-14-12-7-5-6-11(16-12)13(17)15-10(2)8-9-18-3/h5-7,10H,4,8-9H2,1-3H3,(H,14,16)(H,15,17). The smallest absolute Gasteiger partial charge is 0.270 e. The van der Waals surface area contributed by atoms with Gasteiger partial charge in [-0.25, -0.2) is 4.98 Å². The Morgan fingerprint density at radius 2 is 2.28 bits per heavy atom. The molecule has 5 nitrogen and oxygen atoms in total. The Morgan fingerprint density at radius 1 is 1.50 bits per heavy atom. The zero-order valence-electron chi connectivity index (χ0n) is 11.2. The maximum absolute atomic E-state index is 11.9. The van der Waals surface area contributed by atoms with E-state index in [1.54, 1.807) is 13.2 Å². The molecule has 0 saturated heterocycles. The van der Waals surface area contributed by atoms with Gasteiger partial charge in [0.05, 0.1) is 0 Å². The van der Waals surface area contributed by atoms with E-state index in [0.29, 0.717) is 12.3 Å². The Hall–Kier alpha value is -1.62. The maximum Gasteiger partial charge on any atom is 0.270 e. The third-order valence-electron chi connectivity index (χ3n) is 2.47. The minimum absolute atomic E-state index is 0.0713. The summed E-state index contributed by atoms with van der Waals surface area (Å²) in [6, 6.07) is 5.44. The molecule has 18 heavy (non-hydrogen) atoms. The summed E-state index contributed by atoms with van der Waals surface area (Å²) in [6.45, 7) is 5.35. The number of methoxy groups -OCH3 is 1. The highest BCUT2D eigenvalue weighted by Crippen LogP contribution is 2.05. The van der Waals surface area contributed by atoms with E-state index >= 15 is 0 Å². The quantitative estimate of drug-likeness (QED) is 0.773. The average Bonchev–Trinajstić information content (AvgIpc) is 2.37. The van der Waals surface area contributed by atoms with Crippen LogP contribution in [0.1, 0.15) is 30.8 Å². The summed E-state index contributed by atoms with van der Waals surface area (Å²) in [5, 5.41) is 5.97. The molecule has 1 aromatic heterocycles. The summed E-state index contributed by atoms with van der Waals surface area (Å²) < 4.78 is 4.97. The van der Waals surface area contributed by atoms with Gasteiger partial charge in [0.25, 0.3) is 5.91 Å². The molecule has 0 fully saturated rings. The lowest BCUT2D eigenvalue weighted by Gasteiger charge is -2.13. The number of ether oxygens (including phenoxy) is 1. The van der Waals surface area contributed by atoms with E-state index in [-0.39, 0.29) is 11.9 Å². The molecule has 0 aliphatic carbocycles. The number of amides is 1. The van der Waals surface area contributed by atoms with Crippen LogP contribution in [0.5, 0.6) is 0 Å². The number of anilines is 1. The number of hydrogen-bond donors (Lipinski definition) is 2. The van der Waals surface area contributed by atoms with Gasteiger partial charge in [0.1, 0.15) is 11.5 Å². The van der Waals surface area contributed by atoms with E-state index in [9.17, 15) is 4.79 Å². The van der Waals surface area contributed by atoms with Gasteiger partial charge in [-0.3, -0.25) is 4.79 Å². The summed E-state index contributed by atoms with van der Waals surface area (Å²) in [7, 11) is 1.65. The van der Waals surface area contributed by atoms with Crippen LogP contribution in [0.3, 0.4) is 0 Å². The van der Waals surface area contributed by atoms with Gasteiger partial charge in [0.15, 0.2) is 0 Å². The van der Waals surface area contributed by atoms with E-state index < -0.39 is 0 Å². The second-order valence-corrected chi connectivity index (χ2v) is 4.09. The Morgan fingerprint density at radius 3 is 2.94 bits per heavy atom. The van der Waals surface area contributed by atoms with Crippen LogP contribution in [-0.2, 0) is 4.74 Å². The molecule has 5 heteroatoms. The van der Waals surface area contributed by atoms with Crippen molar-refractivity contribution in [3.63, 3.8) is 0 Å². The molecular weight excluding hydrogens is 230 g/mol. The molecule has 100 valence electrons. The first-order valence-corrected chi connectivity index (χ1v) is 6.18. The predicted octanol–water partition coefficient (Wildman–Crippen LogP) is 1.67. The van der Waals surface area contributed by atoms with Gasteiger partial charge in [-0.2, -0.15) is 0 Å². The molecular formula is C13H21N3O2. The number of hydrogen-bond acceptors (Lipinski definition) is 4. The molecule has 1 aromatic rings. The number of carbonyl (C=O) groups is 1. The molecule has 1 atom stereocenters. The van der Waals surface area contributed by atoms with Crippen LogP contribution in [0.15, 0.2) is 18.2 Å². The molecule has 0 aliphatic rings. The molecule has 0 aliphatic heterocycles. The summed E-state index contributed by atoms with van der Waals surface area (Å²) in [4.78, 5) is 16.2. The molecule has 0 spiro atoms. The van der Waals surface area contributed by atoms with E-state index in [2.05, 4.69) is 15.6 Å². The number of nitrogens with one attached hydrogen (secondary N) is 2. The molecule has 1 rings (SSSR count). The Labute approximate surface area is 108 Å². The highest BCUT2D eigenvalue weighted by Gasteiger charge is 2.11. The van der Waals surface area contributed by atoms with E-state index in [1.807, 2.05) is 26.0 Å². The van der Waals surface area contributed by atoms with Crippen LogP contribution >= 0.6 is 0 Å². The van der Waals surface area contributed by atoms with Crippen molar-refractivity contribution in [3.05, 3.63) is 23.9 Å². The van der Waals surface area contributed by atoms with Crippen LogP contribution in [0.25, 0.3) is 0 Å². The molecule has 0 radical (unpaired) electrons. The van der Waals surface area contributed by atoms with Gasteiger partial charge in [-0.15, -0.1) is 0 Å². The third-order valence-corrected chi connectivity index (χ3v) is 2.47. The lowest BCUT2D eigenvalue weighted by atomic mass is 10.2. The van der Waals surface area contributed by atoms with Gasteiger partial charge in [0, 0.05) is 26.3 Å². The monoisotopic (exact) mass is 251 g/mol. The highest BCUT2D eigenvalue weighted by molar-refractivity contribution is 5.92. The number of rotatable bonds is 7. The molecule has 1 heterocycles. The molecule has 0 saturated carbocycles. The number of nitrogens with zero attached hydrogens (tertiary/aromatic N) is 1. The summed E-state index contributed by atoms with van der Waals surface area (Å²) in [5.74, 6) is 0.563. The largest absolute Gasteiger partial charge is 0.385 e. The first-order valence-electron chi connectivity index (χ1n) is 6.18. The molecule has 0 aromatic carbocycles. The second-order valence-electron chi connectivity index (χ2n) is 4.09. The van der Waals surface area contributed by atoms with E-state index in [0.717, 1.165) is 18.8 Å². The van der Waals surface area contributed by atoms with Crippen molar-refractivity contribution in [2.75, 3.05) is 25.6 Å². The van der Waals surface area contributed by atoms with E-state index in [1.165, 1.54) is 0 Å². The fourth-order valence-corrected chi connectivity index (χ4v) is 1.51. The molecule has 1 amide bonds. The Kier molecular flexibility index (Phi) is 6.14.